The van der Waals surface area contributed by atoms with Gasteiger partial charge in [0.25, 0.3) is 0 Å². The maximum absolute atomic E-state index is 12.3. The van der Waals surface area contributed by atoms with E-state index in [1.807, 2.05) is 24.3 Å². The molecule has 3 rings (SSSR count). The lowest BCUT2D eigenvalue weighted by atomic mass is 10.2. The number of benzene rings is 1. The molecule has 8 nitrogen and oxygen atoms in total. The van der Waals surface area contributed by atoms with E-state index in [1.165, 1.54) is 22.6 Å². The Bertz CT molecular complexity index is 930. The molecule has 2 heterocycles. The number of ether oxygens (including phenoxy) is 1. The van der Waals surface area contributed by atoms with Gasteiger partial charge in [-0.1, -0.05) is 23.4 Å². The number of anilines is 1. The number of halogens is 1. The van der Waals surface area contributed by atoms with Crippen LogP contribution in [0.25, 0.3) is 11.4 Å². The molecule has 10 heteroatoms. The van der Waals surface area contributed by atoms with Crippen LogP contribution >= 0.6 is 23.4 Å². The topological polar surface area (TPSA) is 108 Å². The van der Waals surface area contributed by atoms with Crippen LogP contribution in [0.4, 0.5) is 5.82 Å². The van der Waals surface area contributed by atoms with Gasteiger partial charge in [0, 0.05) is 11.8 Å². The average molecular weight is 405 g/mol. The second kappa shape index (κ2) is 8.28. The van der Waals surface area contributed by atoms with Crippen molar-refractivity contribution in [1.82, 2.24) is 19.9 Å². The predicted molar refractivity (Wildman–Crippen MR) is 105 cm³/mol. The molecular weight excluding hydrogens is 388 g/mol. The summed E-state index contributed by atoms with van der Waals surface area (Å²) >= 11 is 6.98. The van der Waals surface area contributed by atoms with Gasteiger partial charge in [0.1, 0.15) is 11.6 Å². The molecule has 27 heavy (non-hydrogen) atoms. The monoisotopic (exact) mass is 404 g/mol. The van der Waals surface area contributed by atoms with E-state index < -0.39 is 5.25 Å². The molecule has 140 valence electrons. The fourth-order valence-electron chi connectivity index (χ4n) is 2.18. The maximum atomic E-state index is 12.3. The number of hydrogen-bond donors (Lipinski definition) is 2. The van der Waals surface area contributed by atoms with Crippen molar-refractivity contribution in [2.45, 2.75) is 17.3 Å². The first-order chi connectivity index (χ1) is 13.0. The van der Waals surface area contributed by atoms with Gasteiger partial charge in [0.05, 0.1) is 17.4 Å². The fraction of sp³-hybridized carbons (Fsp3) is 0.176. The van der Waals surface area contributed by atoms with Crippen molar-refractivity contribution in [3.05, 3.63) is 47.6 Å². The van der Waals surface area contributed by atoms with Crippen LogP contribution in [0.3, 0.4) is 0 Å². The molecule has 2 aromatic heterocycles. The molecule has 0 aliphatic heterocycles. The van der Waals surface area contributed by atoms with Gasteiger partial charge in [0.15, 0.2) is 5.82 Å². The zero-order chi connectivity index (χ0) is 19.4. The standard InChI is InChI=1S/C17H17ClN6O2S/c1-10(16(25)21-14-8-5-12(18)9-20-14)27-17-23-22-15(24(17)19)11-3-6-13(26-2)7-4-11/h3-10H,19H2,1-2H3,(H,20,21,25)/t10-/m1/s1. The second-order valence-corrected chi connectivity index (χ2v) is 7.26. The lowest BCUT2D eigenvalue weighted by molar-refractivity contribution is -0.115. The first kappa shape index (κ1) is 19.0. The number of rotatable bonds is 6. The molecule has 3 N–H and O–H groups in total. The molecule has 0 unspecified atom stereocenters. The third kappa shape index (κ3) is 4.50. The van der Waals surface area contributed by atoms with E-state index >= 15 is 0 Å². The van der Waals surface area contributed by atoms with Crippen molar-refractivity contribution < 1.29 is 9.53 Å². The van der Waals surface area contributed by atoms with Gasteiger partial charge >= 0.3 is 0 Å². The van der Waals surface area contributed by atoms with Gasteiger partial charge in [-0.05, 0) is 43.3 Å². The van der Waals surface area contributed by atoms with E-state index in [0.717, 1.165) is 11.3 Å². The Kier molecular flexibility index (Phi) is 5.82. The Morgan fingerprint density at radius 3 is 2.63 bits per heavy atom. The van der Waals surface area contributed by atoms with Crippen LogP contribution in [0.15, 0.2) is 47.8 Å². The summed E-state index contributed by atoms with van der Waals surface area (Å²) in [6, 6.07) is 10.6. The van der Waals surface area contributed by atoms with E-state index in [0.29, 0.717) is 21.8 Å². The molecule has 0 bridgehead atoms. The number of nitrogens with two attached hydrogens (primary N) is 1. The second-order valence-electron chi connectivity index (χ2n) is 5.52. The van der Waals surface area contributed by atoms with Crippen LogP contribution in [0.5, 0.6) is 5.75 Å². The Balaban J connectivity index is 1.68. The number of thioether (sulfide) groups is 1. The third-order valence-electron chi connectivity index (χ3n) is 3.64. The highest BCUT2D eigenvalue weighted by molar-refractivity contribution is 8.00. The number of methoxy groups -OCH3 is 1. The van der Waals surface area contributed by atoms with Crippen LogP contribution in [0, 0.1) is 0 Å². The Labute approximate surface area is 165 Å². The predicted octanol–water partition coefficient (Wildman–Crippen LogP) is 2.84. The number of nitrogen functional groups attached to an aromatic ring is 1. The summed E-state index contributed by atoms with van der Waals surface area (Å²) in [5.74, 6) is 7.52. The number of nitrogens with one attached hydrogen (secondary N) is 1. The molecule has 0 saturated heterocycles. The summed E-state index contributed by atoms with van der Waals surface area (Å²) in [6.45, 7) is 1.75. The van der Waals surface area contributed by atoms with Crippen molar-refractivity contribution in [2.24, 2.45) is 0 Å². The summed E-state index contributed by atoms with van der Waals surface area (Å²) < 4.78 is 6.50. The highest BCUT2D eigenvalue weighted by Crippen LogP contribution is 2.26. The highest BCUT2D eigenvalue weighted by atomic mass is 35.5. The van der Waals surface area contributed by atoms with Crippen molar-refractivity contribution >= 4 is 35.1 Å². The van der Waals surface area contributed by atoms with Crippen molar-refractivity contribution in [1.29, 1.82) is 0 Å². The van der Waals surface area contributed by atoms with E-state index in [2.05, 4.69) is 20.5 Å². The highest BCUT2D eigenvalue weighted by Gasteiger charge is 2.20. The molecule has 1 amide bonds. The summed E-state index contributed by atoms with van der Waals surface area (Å²) in [4.78, 5) is 16.4. The van der Waals surface area contributed by atoms with Gasteiger partial charge in [-0.3, -0.25) is 4.79 Å². The molecule has 0 saturated carbocycles. The quantitative estimate of drug-likeness (QED) is 0.480. The van der Waals surface area contributed by atoms with Gasteiger partial charge < -0.3 is 15.9 Å². The Morgan fingerprint density at radius 1 is 1.26 bits per heavy atom. The Hall–Kier alpha value is -2.78. The summed E-state index contributed by atoms with van der Waals surface area (Å²) in [7, 11) is 1.60. The maximum Gasteiger partial charge on any atom is 0.238 e. The number of nitrogens with zero attached hydrogens (tertiary/aromatic N) is 4. The number of amides is 1. The van der Waals surface area contributed by atoms with E-state index in [1.54, 1.807) is 26.2 Å². The minimum atomic E-state index is -0.460. The van der Waals surface area contributed by atoms with Gasteiger partial charge in [-0.2, -0.15) is 0 Å². The van der Waals surface area contributed by atoms with Crippen LogP contribution in [0.2, 0.25) is 5.02 Å². The third-order valence-corrected chi connectivity index (χ3v) is 4.92. The van der Waals surface area contributed by atoms with Crippen LogP contribution in [0.1, 0.15) is 6.92 Å². The summed E-state index contributed by atoms with van der Waals surface area (Å²) in [5, 5.41) is 11.4. The zero-order valence-corrected chi connectivity index (χ0v) is 16.2. The van der Waals surface area contributed by atoms with E-state index in [-0.39, 0.29) is 5.91 Å². The average Bonchev–Trinajstić information content (AvgIpc) is 3.04. The number of pyridine rings is 1. The van der Waals surface area contributed by atoms with Crippen LogP contribution in [-0.4, -0.2) is 38.1 Å². The van der Waals surface area contributed by atoms with Crippen molar-refractivity contribution in [3.63, 3.8) is 0 Å². The van der Waals surface area contributed by atoms with Gasteiger partial charge in [-0.15, -0.1) is 10.2 Å². The molecule has 0 aliphatic carbocycles. The van der Waals surface area contributed by atoms with E-state index in [4.69, 9.17) is 22.2 Å². The lowest BCUT2D eigenvalue weighted by Gasteiger charge is -2.11. The summed E-state index contributed by atoms with van der Waals surface area (Å²) in [6.07, 6.45) is 1.46. The smallest absolute Gasteiger partial charge is 0.238 e. The van der Waals surface area contributed by atoms with Crippen molar-refractivity contribution in [2.75, 3.05) is 18.3 Å². The molecule has 0 radical (unpaired) electrons. The van der Waals surface area contributed by atoms with Crippen molar-refractivity contribution in [3.8, 4) is 17.1 Å². The first-order valence-electron chi connectivity index (χ1n) is 7.92. The molecule has 1 aromatic carbocycles. The number of carbonyl (C=O) groups excluding carboxylic acids is 1. The Morgan fingerprint density at radius 2 is 2.00 bits per heavy atom. The number of hydrogen-bond acceptors (Lipinski definition) is 7. The molecule has 3 aromatic rings. The molecule has 0 spiro atoms. The van der Waals surface area contributed by atoms with Gasteiger partial charge in [-0.25, -0.2) is 9.66 Å². The SMILES string of the molecule is COc1ccc(-c2nnc(S[C@H](C)C(=O)Nc3ccc(Cl)cn3)n2N)cc1. The number of carbonyl (C=O) groups is 1. The molecule has 1 atom stereocenters. The lowest BCUT2D eigenvalue weighted by Crippen LogP contribution is -2.24. The van der Waals surface area contributed by atoms with Crippen LogP contribution < -0.4 is 15.9 Å². The molecule has 0 fully saturated rings. The first-order valence-corrected chi connectivity index (χ1v) is 9.17. The number of aromatic nitrogens is 4. The minimum Gasteiger partial charge on any atom is -0.497 e. The largest absolute Gasteiger partial charge is 0.497 e. The normalized spacial score (nSPS) is 11.8. The van der Waals surface area contributed by atoms with Gasteiger partial charge in [0.2, 0.25) is 11.1 Å². The van der Waals surface area contributed by atoms with Crippen LogP contribution in [-0.2, 0) is 4.79 Å². The van der Waals surface area contributed by atoms with E-state index in [9.17, 15) is 4.79 Å². The molecule has 0 aliphatic rings. The summed E-state index contributed by atoms with van der Waals surface area (Å²) in [5.41, 5.74) is 0.792. The fourth-order valence-corrected chi connectivity index (χ4v) is 3.07. The molecular formula is C17H17ClN6O2S. The zero-order valence-electron chi connectivity index (χ0n) is 14.6. The minimum absolute atomic E-state index is 0.233.